The maximum absolute atomic E-state index is 6.61. The first-order valence-electron chi connectivity index (χ1n) is 6.80. The SMILES string of the molecule is CC(C)C(Cl)(N=NC(Cl)(C(C)C)C(C)C)C(C)C. The smallest absolute Gasteiger partial charge is 0.159 e. The number of azo groups is 1. The average molecular weight is 295 g/mol. The Balaban J connectivity index is 5.32. The van der Waals surface area contributed by atoms with Crippen LogP contribution in [0.25, 0.3) is 0 Å². The van der Waals surface area contributed by atoms with Crippen molar-refractivity contribution in [1.82, 2.24) is 0 Å². The summed E-state index contributed by atoms with van der Waals surface area (Å²) in [5.74, 6) is 0.845. The molecule has 0 aliphatic carbocycles. The fourth-order valence-corrected chi connectivity index (χ4v) is 2.02. The third-order valence-electron chi connectivity index (χ3n) is 3.60. The number of nitrogens with zero attached hydrogens (tertiary/aromatic N) is 2. The molecule has 0 aromatic carbocycles. The standard InChI is InChI=1S/C14H28Cl2N2/c1-9(2)13(15,10(3)4)17-18-14(16,11(5)6)12(7)8/h9-12H,1-8H3. The van der Waals surface area contributed by atoms with E-state index in [1.165, 1.54) is 0 Å². The molecule has 0 spiro atoms. The van der Waals surface area contributed by atoms with Crippen molar-refractivity contribution in [1.29, 1.82) is 0 Å². The first-order chi connectivity index (χ1) is 7.98. The fraction of sp³-hybridized carbons (Fsp3) is 1.00. The molecule has 0 fully saturated rings. The van der Waals surface area contributed by atoms with E-state index in [0.717, 1.165) is 0 Å². The first-order valence-corrected chi connectivity index (χ1v) is 7.55. The molecule has 0 saturated heterocycles. The van der Waals surface area contributed by atoms with Crippen LogP contribution >= 0.6 is 23.2 Å². The minimum Gasteiger partial charge on any atom is -0.169 e. The van der Waals surface area contributed by atoms with Crippen molar-refractivity contribution in [2.45, 2.75) is 65.4 Å². The number of rotatable bonds is 6. The zero-order valence-electron chi connectivity index (χ0n) is 13.0. The van der Waals surface area contributed by atoms with Gasteiger partial charge in [-0.15, -0.1) is 0 Å². The molecule has 0 saturated carbocycles. The lowest BCUT2D eigenvalue weighted by Gasteiger charge is -2.34. The number of alkyl halides is 2. The summed E-state index contributed by atoms with van der Waals surface area (Å²) in [6, 6.07) is 0. The monoisotopic (exact) mass is 294 g/mol. The molecular formula is C14H28Cl2N2. The van der Waals surface area contributed by atoms with Gasteiger partial charge in [0.25, 0.3) is 0 Å². The summed E-state index contributed by atoms with van der Waals surface area (Å²) in [4.78, 5) is -1.35. The van der Waals surface area contributed by atoms with E-state index in [9.17, 15) is 0 Å². The van der Waals surface area contributed by atoms with E-state index in [1.807, 2.05) is 0 Å². The van der Waals surface area contributed by atoms with Crippen molar-refractivity contribution in [3.63, 3.8) is 0 Å². The quantitative estimate of drug-likeness (QED) is 0.329. The van der Waals surface area contributed by atoms with Crippen molar-refractivity contribution in [3.05, 3.63) is 0 Å². The van der Waals surface area contributed by atoms with E-state index >= 15 is 0 Å². The second-order valence-corrected chi connectivity index (χ2v) is 7.48. The molecule has 0 amide bonds. The fourth-order valence-electron chi connectivity index (χ4n) is 1.95. The summed E-state index contributed by atoms with van der Waals surface area (Å²) in [7, 11) is 0. The predicted octanol–water partition coefficient (Wildman–Crippen LogP) is 5.93. The van der Waals surface area contributed by atoms with Gasteiger partial charge in [0.15, 0.2) is 10.00 Å². The van der Waals surface area contributed by atoms with E-state index in [0.29, 0.717) is 0 Å². The molecule has 0 unspecified atom stereocenters. The van der Waals surface area contributed by atoms with Crippen LogP contribution in [0.5, 0.6) is 0 Å². The minimum absolute atomic E-state index is 0.211. The first kappa shape index (κ1) is 18.2. The van der Waals surface area contributed by atoms with Gasteiger partial charge in [-0.25, -0.2) is 0 Å². The second-order valence-electron chi connectivity index (χ2n) is 6.27. The van der Waals surface area contributed by atoms with Gasteiger partial charge in [0, 0.05) is 0 Å². The maximum atomic E-state index is 6.61. The van der Waals surface area contributed by atoms with Crippen LogP contribution in [-0.4, -0.2) is 10.00 Å². The highest BCUT2D eigenvalue weighted by Gasteiger charge is 2.39. The van der Waals surface area contributed by atoms with Gasteiger partial charge in [-0.2, -0.15) is 10.2 Å². The number of halogens is 2. The van der Waals surface area contributed by atoms with Gasteiger partial charge in [0.2, 0.25) is 0 Å². The summed E-state index contributed by atoms with van der Waals surface area (Å²) in [6.45, 7) is 16.5. The summed E-state index contributed by atoms with van der Waals surface area (Å²) in [5, 5.41) is 8.86. The Morgan fingerprint density at radius 3 is 0.833 bits per heavy atom. The maximum Gasteiger partial charge on any atom is 0.159 e. The van der Waals surface area contributed by atoms with Crippen LogP contribution in [0.2, 0.25) is 0 Å². The highest BCUT2D eigenvalue weighted by Crippen LogP contribution is 2.40. The Morgan fingerprint density at radius 1 is 0.556 bits per heavy atom. The molecule has 108 valence electrons. The summed E-state index contributed by atoms with van der Waals surface area (Å²) in [6.07, 6.45) is 0. The molecule has 0 rings (SSSR count). The highest BCUT2D eigenvalue weighted by atomic mass is 35.5. The number of hydrogen-bond acceptors (Lipinski definition) is 2. The topological polar surface area (TPSA) is 24.7 Å². The Hall–Kier alpha value is 0.180. The molecule has 18 heavy (non-hydrogen) atoms. The molecule has 0 N–H and O–H groups in total. The van der Waals surface area contributed by atoms with Crippen LogP contribution in [0.3, 0.4) is 0 Å². The van der Waals surface area contributed by atoms with Gasteiger partial charge in [-0.3, -0.25) is 0 Å². The van der Waals surface area contributed by atoms with E-state index in [4.69, 9.17) is 23.2 Å². The molecule has 4 heteroatoms. The molecule has 0 bridgehead atoms. The Labute approximate surface area is 123 Å². The van der Waals surface area contributed by atoms with E-state index < -0.39 is 10.00 Å². The van der Waals surface area contributed by atoms with E-state index in [1.54, 1.807) is 0 Å². The summed E-state index contributed by atoms with van der Waals surface area (Å²) < 4.78 is 0. The van der Waals surface area contributed by atoms with Crippen molar-refractivity contribution in [2.75, 3.05) is 0 Å². The Bertz CT molecular complexity index is 240. The zero-order chi connectivity index (χ0) is 14.7. The lowest BCUT2D eigenvalue weighted by atomic mass is 9.92. The van der Waals surface area contributed by atoms with Crippen molar-refractivity contribution in [2.24, 2.45) is 33.9 Å². The predicted molar refractivity (Wildman–Crippen MR) is 81.4 cm³/mol. The van der Waals surface area contributed by atoms with Crippen LogP contribution in [0.1, 0.15) is 55.4 Å². The summed E-state index contributed by atoms with van der Waals surface area (Å²) in [5.41, 5.74) is 0. The van der Waals surface area contributed by atoms with Gasteiger partial charge >= 0.3 is 0 Å². The molecule has 0 aromatic heterocycles. The molecule has 0 heterocycles. The molecule has 0 radical (unpaired) electrons. The van der Waals surface area contributed by atoms with Crippen LogP contribution in [0.4, 0.5) is 0 Å². The molecular weight excluding hydrogens is 267 g/mol. The third-order valence-corrected chi connectivity index (χ3v) is 5.49. The van der Waals surface area contributed by atoms with Crippen molar-refractivity contribution < 1.29 is 0 Å². The largest absolute Gasteiger partial charge is 0.169 e. The van der Waals surface area contributed by atoms with Crippen LogP contribution < -0.4 is 0 Å². The minimum atomic E-state index is -0.677. The van der Waals surface area contributed by atoms with Gasteiger partial charge in [0.05, 0.1) is 0 Å². The van der Waals surface area contributed by atoms with E-state index in [2.05, 4.69) is 65.6 Å². The lowest BCUT2D eigenvalue weighted by Crippen LogP contribution is -2.36. The summed E-state index contributed by atoms with van der Waals surface area (Å²) >= 11 is 13.2. The van der Waals surface area contributed by atoms with Crippen LogP contribution in [-0.2, 0) is 0 Å². The van der Waals surface area contributed by atoms with E-state index in [-0.39, 0.29) is 23.7 Å². The zero-order valence-corrected chi connectivity index (χ0v) is 14.5. The Kier molecular flexibility index (Phi) is 6.63. The molecule has 0 aliphatic heterocycles. The lowest BCUT2D eigenvalue weighted by molar-refractivity contribution is 0.276. The highest BCUT2D eigenvalue weighted by molar-refractivity contribution is 6.25. The third kappa shape index (κ3) is 3.84. The van der Waals surface area contributed by atoms with Gasteiger partial charge in [-0.1, -0.05) is 78.6 Å². The van der Waals surface area contributed by atoms with Crippen LogP contribution in [0, 0.1) is 23.7 Å². The van der Waals surface area contributed by atoms with Gasteiger partial charge in [-0.05, 0) is 23.7 Å². The molecule has 2 nitrogen and oxygen atoms in total. The average Bonchev–Trinajstić information content (AvgIpc) is 2.23. The number of hydrogen-bond donors (Lipinski definition) is 0. The molecule has 0 atom stereocenters. The molecule has 0 aliphatic rings. The van der Waals surface area contributed by atoms with Gasteiger partial charge < -0.3 is 0 Å². The van der Waals surface area contributed by atoms with Crippen LogP contribution in [0.15, 0.2) is 10.2 Å². The second kappa shape index (κ2) is 6.56. The van der Waals surface area contributed by atoms with Crippen molar-refractivity contribution in [3.8, 4) is 0 Å². The Morgan fingerprint density at radius 2 is 0.722 bits per heavy atom. The van der Waals surface area contributed by atoms with Gasteiger partial charge in [0.1, 0.15) is 0 Å². The molecule has 0 aromatic rings. The van der Waals surface area contributed by atoms with Crippen molar-refractivity contribution >= 4 is 23.2 Å². The normalized spacial score (nSPS) is 14.8.